The Hall–Kier alpha value is -1.69. The number of aromatic nitrogens is 1. The largest absolute Gasteiger partial charge is 0.506 e. The summed E-state index contributed by atoms with van der Waals surface area (Å²) in [6.07, 6.45) is 2.90. The highest BCUT2D eigenvalue weighted by molar-refractivity contribution is 5.87. The molecule has 3 N–H and O–H groups in total. The Morgan fingerprint density at radius 1 is 1.09 bits per heavy atom. The molecule has 1 aliphatic heterocycles. The zero-order valence-electron chi connectivity index (χ0n) is 12.9. The maximum atomic E-state index is 9.95. The van der Waals surface area contributed by atoms with Crippen LogP contribution >= 0.6 is 0 Å². The predicted octanol–water partition coefficient (Wildman–Crippen LogP) is 1.41. The minimum absolute atomic E-state index is 0.254. The van der Waals surface area contributed by atoms with Crippen LogP contribution in [0.1, 0.15) is 12.0 Å². The maximum absolute atomic E-state index is 9.95. The van der Waals surface area contributed by atoms with Crippen molar-refractivity contribution in [2.24, 2.45) is 5.73 Å². The van der Waals surface area contributed by atoms with Gasteiger partial charge in [-0.3, -0.25) is 9.88 Å². The molecule has 1 aromatic heterocycles. The fourth-order valence-electron chi connectivity index (χ4n) is 3.18. The molecule has 1 aromatic carbocycles. The number of pyridine rings is 1. The van der Waals surface area contributed by atoms with E-state index >= 15 is 0 Å². The highest BCUT2D eigenvalue weighted by Crippen LogP contribution is 2.26. The molecule has 118 valence electrons. The summed E-state index contributed by atoms with van der Waals surface area (Å²) in [5, 5.41) is 11.0. The second-order valence-electron chi connectivity index (χ2n) is 5.90. The number of nitrogens with two attached hydrogens (primary N) is 1. The van der Waals surface area contributed by atoms with Gasteiger partial charge in [0.25, 0.3) is 0 Å². The first-order valence-electron chi connectivity index (χ1n) is 7.98. The number of nitrogens with zero attached hydrogens (tertiary/aromatic N) is 3. The summed E-state index contributed by atoms with van der Waals surface area (Å²) in [6.45, 7) is 6.98. The maximum Gasteiger partial charge on any atom is 0.141 e. The topological polar surface area (TPSA) is 65.6 Å². The molecule has 1 saturated heterocycles. The molecule has 0 radical (unpaired) electrons. The molecule has 5 nitrogen and oxygen atoms in total. The number of phenolic OH excluding ortho intramolecular Hbond substituents is 1. The minimum Gasteiger partial charge on any atom is -0.506 e. The van der Waals surface area contributed by atoms with Crippen LogP contribution < -0.4 is 5.73 Å². The van der Waals surface area contributed by atoms with Gasteiger partial charge in [-0.15, -0.1) is 0 Å². The van der Waals surface area contributed by atoms with E-state index in [9.17, 15) is 5.11 Å². The number of rotatable bonds is 4. The molecule has 0 amide bonds. The fourth-order valence-corrected chi connectivity index (χ4v) is 3.18. The van der Waals surface area contributed by atoms with Crippen molar-refractivity contribution >= 4 is 10.9 Å². The van der Waals surface area contributed by atoms with Crippen LogP contribution in [0.5, 0.6) is 5.75 Å². The van der Waals surface area contributed by atoms with Crippen molar-refractivity contribution in [2.45, 2.75) is 13.0 Å². The van der Waals surface area contributed by atoms with Gasteiger partial charge >= 0.3 is 0 Å². The summed E-state index contributed by atoms with van der Waals surface area (Å²) in [7, 11) is 0. The summed E-state index contributed by atoms with van der Waals surface area (Å²) >= 11 is 0. The molecule has 22 heavy (non-hydrogen) atoms. The Bertz CT molecular complexity index is 631. The van der Waals surface area contributed by atoms with Gasteiger partial charge in [0.05, 0.1) is 0 Å². The van der Waals surface area contributed by atoms with E-state index in [1.54, 1.807) is 12.3 Å². The van der Waals surface area contributed by atoms with Gasteiger partial charge in [-0.1, -0.05) is 12.1 Å². The summed E-state index contributed by atoms with van der Waals surface area (Å²) in [4.78, 5) is 9.22. The van der Waals surface area contributed by atoms with Gasteiger partial charge in [-0.25, -0.2) is 0 Å². The molecule has 1 aliphatic rings. The Labute approximate surface area is 131 Å². The molecule has 0 unspecified atom stereocenters. The van der Waals surface area contributed by atoms with Crippen molar-refractivity contribution in [1.29, 1.82) is 0 Å². The second-order valence-corrected chi connectivity index (χ2v) is 5.90. The number of aromatic hydroxyl groups is 1. The van der Waals surface area contributed by atoms with Crippen molar-refractivity contribution in [2.75, 3.05) is 39.3 Å². The van der Waals surface area contributed by atoms with Crippen LogP contribution in [0, 0.1) is 0 Å². The minimum atomic E-state index is 0.254. The average molecular weight is 300 g/mol. The molecule has 2 heterocycles. The van der Waals surface area contributed by atoms with E-state index in [2.05, 4.69) is 14.8 Å². The molecule has 0 saturated carbocycles. The molecular formula is C17H24N4O. The molecule has 5 heteroatoms. The Balaban J connectivity index is 1.75. The van der Waals surface area contributed by atoms with E-state index < -0.39 is 0 Å². The van der Waals surface area contributed by atoms with Crippen LogP contribution in [-0.2, 0) is 6.54 Å². The van der Waals surface area contributed by atoms with E-state index in [4.69, 9.17) is 5.73 Å². The molecule has 2 aromatic rings. The molecule has 1 fully saturated rings. The van der Waals surface area contributed by atoms with Crippen molar-refractivity contribution in [3.63, 3.8) is 0 Å². The lowest BCUT2D eigenvalue weighted by molar-refractivity contribution is 0.255. The highest BCUT2D eigenvalue weighted by Gasteiger charge is 2.16. The van der Waals surface area contributed by atoms with Crippen LogP contribution in [0.2, 0.25) is 0 Å². The third kappa shape index (κ3) is 3.38. The van der Waals surface area contributed by atoms with Crippen LogP contribution in [0.15, 0.2) is 30.5 Å². The number of hydrogen-bond donors (Lipinski definition) is 2. The Kier molecular flexibility index (Phi) is 4.87. The molecule has 0 aliphatic carbocycles. The van der Waals surface area contributed by atoms with E-state index in [1.165, 1.54) is 12.0 Å². The number of benzene rings is 1. The third-order valence-corrected chi connectivity index (χ3v) is 4.36. The van der Waals surface area contributed by atoms with Gasteiger partial charge in [0.15, 0.2) is 0 Å². The van der Waals surface area contributed by atoms with Gasteiger partial charge < -0.3 is 15.7 Å². The monoisotopic (exact) mass is 300 g/mol. The van der Waals surface area contributed by atoms with Gasteiger partial charge in [0.2, 0.25) is 0 Å². The molecule has 0 atom stereocenters. The average Bonchev–Trinajstić information content (AvgIpc) is 2.76. The lowest BCUT2D eigenvalue weighted by atomic mass is 10.1. The highest BCUT2D eigenvalue weighted by atomic mass is 16.3. The predicted molar refractivity (Wildman–Crippen MR) is 88.8 cm³/mol. The quantitative estimate of drug-likeness (QED) is 0.893. The first-order chi connectivity index (χ1) is 10.8. The second kappa shape index (κ2) is 7.05. The molecule has 0 spiro atoms. The Morgan fingerprint density at radius 3 is 2.77 bits per heavy atom. The van der Waals surface area contributed by atoms with Crippen molar-refractivity contribution in [3.05, 3.63) is 36.0 Å². The van der Waals surface area contributed by atoms with Crippen LogP contribution in [0.4, 0.5) is 0 Å². The number of phenols is 1. The zero-order chi connectivity index (χ0) is 15.4. The van der Waals surface area contributed by atoms with Crippen LogP contribution in [0.3, 0.4) is 0 Å². The molecule has 3 rings (SSSR count). The van der Waals surface area contributed by atoms with Crippen LogP contribution in [0.25, 0.3) is 10.9 Å². The first-order valence-corrected chi connectivity index (χ1v) is 7.98. The standard InChI is InChI=1S/C17H24N4O/c18-6-10-20-8-2-9-21(12-11-20)13-14-4-5-16(22)17-15(14)3-1-7-19-17/h1,3-5,7,22H,2,6,8-13,18H2. The summed E-state index contributed by atoms with van der Waals surface area (Å²) in [6, 6.07) is 7.73. The van der Waals surface area contributed by atoms with Gasteiger partial charge in [-0.05, 0) is 37.2 Å². The van der Waals surface area contributed by atoms with Gasteiger partial charge in [0, 0.05) is 44.3 Å². The van der Waals surface area contributed by atoms with Crippen LogP contribution in [-0.4, -0.2) is 59.2 Å². The summed E-state index contributed by atoms with van der Waals surface area (Å²) in [5.74, 6) is 0.254. The summed E-state index contributed by atoms with van der Waals surface area (Å²) in [5.41, 5.74) is 7.58. The number of hydrogen-bond acceptors (Lipinski definition) is 5. The van der Waals surface area contributed by atoms with Crippen molar-refractivity contribution in [3.8, 4) is 5.75 Å². The first kappa shape index (κ1) is 15.2. The molecular weight excluding hydrogens is 276 g/mol. The summed E-state index contributed by atoms with van der Waals surface area (Å²) < 4.78 is 0. The van der Waals surface area contributed by atoms with E-state index in [1.807, 2.05) is 18.2 Å². The van der Waals surface area contributed by atoms with E-state index in [0.29, 0.717) is 5.52 Å². The van der Waals surface area contributed by atoms with Gasteiger partial charge in [0.1, 0.15) is 11.3 Å². The van der Waals surface area contributed by atoms with Gasteiger partial charge in [-0.2, -0.15) is 0 Å². The normalized spacial score (nSPS) is 17.7. The third-order valence-electron chi connectivity index (χ3n) is 4.36. The van der Waals surface area contributed by atoms with Crippen molar-refractivity contribution < 1.29 is 5.11 Å². The van der Waals surface area contributed by atoms with Crippen molar-refractivity contribution in [1.82, 2.24) is 14.8 Å². The van der Waals surface area contributed by atoms with E-state index in [0.717, 1.165) is 51.2 Å². The smallest absolute Gasteiger partial charge is 0.141 e. The Morgan fingerprint density at radius 2 is 1.91 bits per heavy atom. The lowest BCUT2D eigenvalue weighted by Crippen LogP contribution is -2.33. The number of fused-ring (bicyclic) bond motifs is 1. The SMILES string of the molecule is NCCN1CCCN(Cc2ccc(O)c3ncccc23)CC1. The fraction of sp³-hybridized carbons (Fsp3) is 0.471. The van der Waals surface area contributed by atoms with E-state index in [-0.39, 0.29) is 5.75 Å². The molecule has 0 bridgehead atoms. The zero-order valence-corrected chi connectivity index (χ0v) is 12.9. The lowest BCUT2D eigenvalue weighted by Gasteiger charge is -2.22.